The van der Waals surface area contributed by atoms with Gasteiger partial charge < -0.3 is 0 Å². The quantitative estimate of drug-likeness (QED) is 0.579. The molecule has 3 heteroatoms. The van der Waals surface area contributed by atoms with Crippen LogP contribution in [0.25, 0.3) is 22.4 Å². The second-order valence-electron chi connectivity index (χ2n) is 6.18. The molecule has 1 saturated carbocycles. The first-order valence-electron chi connectivity index (χ1n) is 8.21. The van der Waals surface area contributed by atoms with E-state index in [9.17, 15) is 0 Å². The van der Waals surface area contributed by atoms with Crippen LogP contribution >= 0.6 is 11.6 Å². The van der Waals surface area contributed by atoms with Crippen LogP contribution in [0.15, 0.2) is 60.8 Å². The molecule has 23 heavy (non-hydrogen) atoms. The van der Waals surface area contributed by atoms with Gasteiger partial charge in [0.15, 0.2) is 0 Å². The minimum atomic E-state index is 0.566. The van der Waals surface area contributed by atoms with E-state index in [0.717, 1.165) is 5.02 Å². The Labute approximate surface area is 141 Å². The van der Waals surface area contributed by atoms with Gasteiger partial charge >= 0.3 is 0 Å². The number of hydrogen-bond donors (Lipinski definition) is 0. The Morgan fingerprint density at radius 1 is 0.783 bits per heavy atom. The summed E-state index contributed by atoms with van der Waals surface area (Å²) < 4.78 is 2.21. The smallest absolute Gasteiger partial charge is 0.0685 e. The van der Waals surface area contributed by atoms with Crippen molar-refractivity contribution in [2.75, 3.05) is 0 Å². The molecule has 2 nitrogen and oxygen atoms in total. The van der Waals surface area contributed by atoms with E-state index in [1.807, 2.05) is 18.3 Å². The molecule has 0 radical (unpaired) electrons. The fourth-order valence-corrected chi connectivity index (χ4v) is 3.58. The zero-order valence-corrected chi connectivity index (χ0v) is 13.7. The second-order valence-corrected chi connectivity index (χ2v) is 6.62. The molecule has 1 aliphatic rings. The van der Waals surface area contributed by atoms with Crippen LogP contribution in [0.2, 0.25) is 5.02 Å². The van der Waals surface area contributed by atoms with E-state index in [2.05, 4.69) is 52.2 Å². The summed E-state index contributed by atoms with van der Waals surface area (Å²) in [6, 6.07) is 19.4. The fourth-order valence-electron chi connectivity index (χ4n) is 3.46. The number of nitrogens with zero attached hydrogens (tertiary/aromatic N) is 2. The molecule has 0 aliphatic heterocycles. The predicted molar refractivity (Wildman–Crippen MR) is 95.6 cm³/mol. The molecule has 0 unspecified atom stereocenters. The van der Waals surface area contributed by atoms with Crippen LogP contribution in [0.1, 0.15) is 31.7 Å². The molecule has 0 saturated heterocycles. The highest BCUT2D eigenvalue weighted by Gasteiger charge is 2.20. The lowest BCUT2D eigenvalue weighted by molar-refractivity contribution is 0.472. The van der Waals surface area contributed by atoms with Gasteiger partial charge in [-0.15, -0.1) is 0 Å². The standard InChI is InChI=1S/C20H19ClN2/c21-18-11-9-16(10-12-18)15-5-7-17(8-6-15)20-13-14-22-23(20)19-3-1-2-4-19/h5-14,19H,1-4H2. The monoisotopic (exact) mass is 322 g/mol. The first-order valence-corrected chi connectivity index (χ1v) is 8.59. The lowest BCUT2D eigenvalue weighted by atomic mass is 10.0. The van der Waals surface area contributed by atoms with Crippen LogP contribution in [0.5, 0.6) is 0 Å². The van der Waals surface area contributed by atoms with E-state index >= 15 is 0 Å². The van der Waals surface area contributed by atoms with Gasteiger partial charge in [-0.05, 0) is 47.7 Å². The molecule has 1 aromatic heterocycles. The third kappa shape index (κ3) is 2.91. The highest BCUT2D eigenvalue weighted by Crippen LogP contribution is 2.33. The van der Waals surface area contributed by atoms with E-state index in [1.54, 1.807) is 0 Å². The normalized spacial score (nSPS) is 15.2. The van der Waals surface area contributed by atoms with Crippen LogP contribution in [0.3, 0.4) is 0 Å². The number of hydrogen-bond acceptors (Lipinski definition) is 1. The Bertz CT molecular complexity index is 781. The summed E-state index contributed by atoms with van der Waals surface area (Å²) in [6.45, 7) is 0. The summed E-state index contributed by atoms with van der Waals surface area (Å²) in [5, 5.41) is 5.34. The molecule has 0 spiro atoms. The van der Waals surface area contributed by atoms with E-state index < -0.39 is 0 Å². The van der Waals surface area contributed by atoms with Gasteiger partial charge in [0.2, 0.25) is 0 Å². The second kappa shape index (κ2) is 6.21. The maximum atomic E-state index is 5.96. The van der Waals surface area contributed by atoms with Crippen molar-refractivity contribution in [1.82, 2.24) is 9.78 Å². The van der Waals surface area contributed by atoms with Crippen molar-refractivity contribution in [3.8, 4) is 22.4 Å². The Morgan fingerprint density at radius 2 is 1.35 bits per heavy atom. The molecule has 0 bridgehead atoms. The Hall–Kier alpha value is -2.06. The summed E-state index contributed by atoms with van der Waals surface area (Å²) in [5.74, 6) is 0. The molecular formula is C20H19ClN2. The average molecular weight is 323 g/mol. The number of rotatable bonds is 3. The molecule has 3 aromatic rings. The highest BCUT2D eigenvalue weighted by atomic mass is 35.5. The van der Waals surface area contributed by atoms with Crippen molar-refractivity contribution in [2.24, 2.45) is 0 Å². The Balaban J connectivity index is 1.64. The van der Waals surface area contributed by atoms with Crippen molar-refractivity contribution in [1.29, 1.82) is 0 Å². The summed E-state index contributed by atoms with van der Waals surface area (Å²) in [5.41, 5.74) is 4.84. The summed E-state index contributed by atoms with van der Waals surface area (Å²) in [4.78, 5) is 0. The molecule has 4 rings (SSSR count). The van der Waals surface area contributed by atoms with Crippen molar-refractivity contribution >= 4 is 11.6 Å². The zero-order valence-electron chi connectivity index (χ0n) is 13.0. The van der Waals surface area contributed by atoms with Gasteiger partial charge in [0.25, 0.3) is 0 Å². The molecule has 0 amide bonds. The Kier molecular flexibility index (Phi) is 3.92. The first kappa shape index (κ1) is 14.5. The van der Waals surface area contributed by atoms with Crippen molar-refractivity contribution < 1.29 is 0 Å². The summed E-state index contributed by atoms with van der Waals surface area (Å²) >= 11 is 5.96. The topological polar surface area (TPSA) is 17.8 Å². The molecular weight excluding hydrogens is 304 g/mol. The lowest BCUT2D eigenvalue weighted by Crippen LogP contribution is -2.07. The summed E-state index contributed by atoms with van der Waals surface area (Å²) in [7, 11) is 0. The van der Waals surface area contributed by atoms with E-state index in [1.165, 1.54) is 48.1 Å². The van der Waals surface area contributed by atoms with Crippen LogP contribution in [-0.4, -0.2) is 9.78 Å². The molecule has 2 aromatic carbocycles. The van der Waals surface area contributed by atoms with Gasteiger partial charge in [0.05, 0.1) is 11.7 Å². The maximum absolute atomic E-state index is 5.96. The Morgan fingerprint density at radius 3 is 2.00 bits per heavy atom. The van der Waals surface area contributed by atoms with E-state index in [4.69, 9.17) is 11.6 Å². The third-order valence-electron chi connectivity index (χ3n) is 4.70. The lowest BCUT2D eigenvalue weighted by Gasteiger charge is -2.14. The van der Waals surface area contributed by atoms with E-state index in [0.29, 0.717) is 6.04 Å². The van der Waals surface area contributed by atoms with Gasteiger partial charge in [0.1, 0.15) is 0 Å². The fraction of sp³-hybridized carbons (Fsp3) is 0.250. The first-order chi connectivity index (χ1) is 11.3. The zero-order chi connectivity index (χ0) is 15.6. The molecule has 1 fully saturated rings. The van der Waals surface area contributed by atoms with Gasteiger partial charge in [-0.1, -0.05) is 60.8 Å². The highest BCUT2D eigenvalue weighted by molar-refractivity contribution is 6.30. The van der Waals surface area contributed by atoms with Crippen LogP contribution < -0.4 is 0 Å². The average Bonchev–Trinajstić information content (AvgIpc) is 3.27. The van der Waals surface area contributed by atoms with Crippen LogP contribution in [0.4, 0.5) is 0 Å². The number of halogens is 1. The minimum absolute atomic E-state index is 0.566. The van der Waals surface area contributed by atoms with E-state index in [-0.39, 0.29) is 0 Å². The van der Waals surface area contributed by atoms with Crippen molar-refractivity contribution in [3.05, 3.63) is 65.8 Å². The molecule has 1 heterocycles. The van der Waals surface area contributed by atoms with Gasteiger partial charge in [-0.3, -0.25) is 4.68 Å². The van der Waals surface area contributed by atoms with Gasteiger partial charge in [0, 0.05) is 11.2 Å². The SMILES string of the molecule is Clc1ccc(-c2ccc(-c3ccnn3C3CCCC3)cc2)cc1. The molecule has 0 atom stereocenters. The van der Waals surface area contributed by atoms with Crippen LogP contribution in [-0.2, 0) is 0 Å². The largest absolute Gasteiger partial charge is 0.262 e. The third-order valence-corrected chi connectivity index (χ3v) is 4.95. The molecule has 116 valence electrons. The van der Waals surface area contributed by atoms with Crippen molar-refractivity contribution in [3.63, 3.8) is 0 Å². The summed E-state index contributed by atoms with van der Waals surface area (Å²) in [6.07, 6.45) is 7.05. The molecule has 1 aliphatic carbocycles. The number of benzene rings is 2. The number of aromatic nitrogens is 2. The minimum Gasteiger partial charge on any atom is -0.262 e. The molecule has 0 N–H and O–H groups in total. The van der Waals surface area contributed by atoms with Crippen molar-refractivity contribution in [2.45, 2.75) is 31.7 Å². The predicted octanol–water partition coefficient (Wildman–Crippen LogP) is 5.99. The van der Waals surface area contributed by atoms with Gasteiger partial charge in [-0.25, -0.2) is 0 Å². The van der Waals surface area contributed by atoms with Gasteiger partial charge in [-0.2, -0.15) is 5.10 Å². The maximum Gasteiger partial charge on any atom is 0.0685 e. The van der Waals surface area contributed by atoms with Crippen LogP contribution in [0, 0.1) is 0 Å².